The van der Waals surface area contributed by atoms with E-state index in [1.165, 1.54) is 55.6 Å². The molecule has 0 amide bonds. The summed E-state index contributed by atoms with van der Waals surface area (Å²) in [5, 5.41) is 0. The Hall–Kier alpha value is -3.98. The zero-order valence-corrected chi connectivity index (χ0v) is 28.4. The lowest BCUT2D eigenvalue weighted by Crippen LogP contribution is -2.48. The maximum absolute atomic E-state index is 5.27. The predicted octanol–water partition coefficient (Wildman–Crippen LogP) is 11.0. The van der Waals surface area contributed by atoms with Crippen LogP contribution in [0.2, 0.25) is 0 Å². The highest BCUT2D eigenvalue weighted by atomic mass is 16.5. The minimum Gasteiger partial charge on any atom is -0.376 e. The second-order valence-corrected chi connectivity index (χ2v) is 13.7. The highest BCUT2D eigenvalue weighted by Crippen LogP contribution is 2.49. The molecule has 5 aromatic rings. The zero-order chi connectivity index (χ0) is 32.4. The smallest absolute Gasteiger partial charge is 0.0905 e. The zero-order valence-electron chi connectivity index (χ0n) is 28.4. The van der Waals surface area contributed by atoms with Crippen molar-refractivity contribution in [1.29, 1.82) is 0 Å². The third-order valence-electron chi connectivity index (χ3n) is 10.2. The van der Waals surface area contributed by atoms with Gasteiger partial charge in [-0.25, -0.2) is 0 Å². The van der Waals surface area contributed by atoms with E-state index in [4.69, 9.17) is 9.47 Å². The van der Waals surface area contributed by atoms with Gasteiger partial charge < -0.3 is 9.47 Å². The lowest BCUT2D eigenvalue weighted by molar-refractivity contribution is -0.147. The number of aryl methyl sites for hydroxylation is 1. The van der Waals surface area contributed by atoms with Gasteiger partial charge in [-0.2, -0.15) is 0 Å². The second kappa shape index (κ2) is 12.8. The van der Waals surface area contributed by atoms with Gasteiger partial charge in [-0.05, 0) is 84.7 Å². The molecule has 0 heterocycles. The van der Waals surface area contributed by atoms with Gasteiger partial charge in [0.1, 0.15) is 0 Å². The summed E-state index contributed by atoms with van der Waals surface area (Å²) in [7, 11) is 3.39. The van der Waals surface area contributed by atoms with Crippen LogP contribution < -0.4 is 0 Å². The van der Waals surface area contributed by atoms with Crippen molar-refractivity contribution in [2.45, 2.75) is 71.0 Å². The number of methoxy groups -OCH3 is 2. The molecule has 0 aliphatic heterocycles. The van der Waals surface area contributed by atoms with Crippen molar-refractivity contribution in [3.8, 4) is 22.3 Å². The summed E-state index contributed by atoms with van der Waals surface area (Å²) in [6, 6.07) is 44.8. The summed E-state index contributed by atoms with van der Waals surface area (Å²) < 4.78 is 10.5. The fourth-order valence-electron chi connectivity index (χ4n) is 6.23. The van der Waals surface area contributed by atoms with Gasteiger partial charge in [0.05, 0.1) is 11.2 Å². The summed E-state index contributed by atoms with van der Waals surface area (Å²) in [6.07, 6.45) is 0. The van der Waals surface area contributed by atoms with Gasteiger partial charge in [0.2, 0.25) is 0 Å². The van der Waals surface area contributed by atoms with Crippen LogP contribution in [0.15, 0.2) is 121 Å². The fourth-order valence-corrected chi connectivity index (χ4v) is 6.23. The lowest BCUT2D eigenvalue weighted by atomic mass is 9.79. The number of hydrogen-bond acceptors (Lipinski definition) is 2. The maximum atomic E-state index is 5.27. The molecule has 0 aromatic heterocycles. The molecule has 45 heavy (non-hydrogen) atoms. The van der Waals surface area contributed by atoms with E-state index in [0.717, 1.165) is 0 Å². The fraction of sp³-hybridized carbons (Fsp3) is 0.302. The number of ether oxygens (including phenoxy) is 2. The Bertz CT molecular complexity index is 1710. The minimum atomic E-state index is -0.234. The van der Waals surface area contributed by atoms with E-state index < -0.39 is 0 Å². The van der Waals surface area contributed by atoms with Crippen molar-refractivity contribution < 1.29 is 9.47 Å². The van der Waals surface area contributed by atoms with E-state index in [9.17, 15) is 0 Å². The molecule has 0 bridgehead atoms. The van der Waals surface area contributed by atoms with Gasteiger partial charge in [0.15, 0.2) is 0 Å². The highest BCUT2D eigenvalue weighted by Gasteiger charge is 2.37. The van der Waals surface area contributed by atoms with E-state index in [1.807, 2.05) is 27.7 Å². The summed E-state index contributed by atoms with van der Waals surface area (Å²) in [5.41, 5.74) is 12.9. The maximum Gasteiger partial charge on any atom is 0.0905 e. The SMILES string of the molecule is COC(C)(C)C(C)(C)OC.Cc1ccc(C(c2ccc(-c3ccccc3)cc2)c2ccc3c(c2)C(C)(C)c2ccccc2-3)cc1. The van der Waals surface area contributed by atoms with Crippen LogP contribution in [0.25, 0.3) is 22.3 Å². The Kier molecular flexibility index (Phi) is 9.21. The molecule has 0 N–H and O–H groups in total. The summed E-state index contributed by atoms with van der Waals surface area (Å²) >= 11 is 0. The topological polar surface area (TPSA) is 18.5 Å². The molecule has 232 valence electrons. The van der Waals surface area contributed by atoms with Crippen LogP contribution in [0, 0.1) is 6.92 Å². The summed E-state index contributed by atoms with van der Waals surface area (Å²) in [4.78, 5) is 0. The Morgan fingerprint density at radius 3 is 1.56 bits per heavy atom. The van der Waals surface area contributed by atoms with Gasteiger partial charge in [0.25, 0.3) is 0 Å². The average Bonchev–Trinajstić information content (AvgIpc) is 3.29. The first-order valence-corrected chi connectivity index (χ1v) is 16.0. The third kappa shape index (κ3) is 6.41. The molecule has 0 radical (unpaired) electrons. The van der Waals surface area contributed by atoms with Crippen molar-refractivity contribution >= 4 is 0 Å². The minimum absolute atomic E-state index is 0.00305. The highest BCUT2D eigenvalue weighted by molar-refractivity contribution is 5.81. The molecular weight excluding hydrogens is 548 g/mol. The first-order valence-electron chi connectivity index (χ1n) is 16.0. The molecule has 0 saturated heterocycles. The first-order chi connectivity index (χ1) is 21.4. The standard InChI is InChI=1S/C35H30.C8H18O2/c1-24-13-15-27(16-14-24)34(28-19-17-26(18-20-28)25-9-5-4-6-10-25)29-21-22-31-30-11-7-8-12-32(30)35(2,3)33(31)23-29;1-7(2,9-5)8(3,4)10-6/h4-23,34H,1-3H3;1-6H3. The van der Waals surface area contributed by atoms with Gasteiger partial charge in [-0.15, -0.1) is 0 Å². The Morgan fingerprint density at radius 2 is 0.978 bits per heavy atom. The predicted molar refractivity (Wildman–Crippen MR) is 190 cm³/mol. The molecule has 0 fully saturated rings. The molecule has 1 unspecified atom stereocenters. The van der Waals surface area contributed by atoms with Crippen LogP contribution in [0.3, 0.4) is 0 Å². The molecule has 1 atom stereocenters. The third-order valence-corrected chi connectivity index (χ3v) is 10.2. The van der Waals surface area contributed by atoms with Gasteiger partial charge in [-0.1, -0.05) is 141 Å². The van der Waals surface area contributed by atoms with E-state index in [2.05, 4.69) is 142 Å². The van der Waals surface area contributed by atoms with Crippen LogP contribution in [-0.4, -0.2) is 25.4 Å². The van der Waals surface area contributed by atoms with Crippen molar-refractivity contribution in [1.82, 2.24) is 0 Å². The van der Waals surface area contributed by atoms with E-state index >= 15 is 0 Å². The van der Waals surface area contributed by atoms with E-state index in [0.29, 0.717) is 0 Å². The van der Waals surface area contributed by atoms with Crippen LogP contribution in [-0.2, 0) is 14.9 Å². The lowest BCUT2D eigenvalue weighted by Gasteiger charge is -2.38. The average molecular weight is 597 g/mol. The molecule has 2 nitrogen and oxygen atoms in total. The van der Waals surface area contributed by atoms with Gasteiger partial charge in [0, 0.05) is 25.6 Å². The van der Waals surface area contributed by atoms with Crippen molar-refractivity contribution in [3.05, 3.63) is 155 Å². The Labute approximate surface area is 271 Å². The molecule has 0 saturated carbocycles. The summed E-state index contributed by atoms with van der Waals surface area (Å²) in [5.74, 6) is 0.185. The van der Waals surface area contributed by atoms with E-state index in [-0.39, 0.29) is 22.5 Å². The first kappa shape index (κ1) is 32.4. The Morgan fingerprint density at radius 1 is 0.511 bits per heavy atom. The van der Waals surface area contributed by atoms with Crippen LogP contribution in [0.4, 0.5) is 0 Å². The normalized spacial score (nSPS) is 14.2. The van der Waals surface area contributed by atoms with Crippen LogP contribution in [0.1, 0.15) is 80.8 Å². The number of benzene rings is 5. The molecule has 2 heteroatoms. The second-order valence-electron chi connectivity index (χ2n) is 13.7. The monoisotopic (exact) mass is 596 g/mol. The number of hydrogen-bond donors (Lipinski definition) is 0. The Balaban J connectivity index is 0.000000348. The molecular formula is C43H48O2. The quantitative estimate of drug-likeness (QED) is 0.174. The largest absolute Gasteiger partial charge is 0.376 e. The van der Waals surface area contributed by atoms with Crippen molar-refractivity contribution in [3.63, 3.8) is 0 Å². The molecule has 1 aliphatic rings. The molecule has 1 aliphatic carbocycles. The van der Waals surface area contributed by atoms with Gasteiger partial charge in [-0.3, -0.25) is 0 Å². The van der Waals surface area contributed by atoms with Crippen LogP contribution >= 0.6 is 0 Å². The van der Waals surface area contributed by atoms with Crippen LogP contribution in [0.5, 0.6) is 0 Å². The molecule has 5 aromatic carbocycles. The van der Waals surface area contributed by atoms with E-state index in [1.54, 1.807) is 14.2 Å². The summed E-state index contributed by atoms with van der Waals surface area (Å²) in [6.45, 7) is 14.9. The van der Waals surface area contributed by atoms with Crippen molar-refractivity contribution in [2.24, 2.45) is 0 Å². The van der Waals surface area contributed by atoms with Crippen molar-refractivity contribution in [2.75, 3.05) is 14.2 Å². The number of fused-ring (bicyclic) bond motifs is 3. The number of rotatable bonds is 7. The molecule has 0 spiro atoms. The molecule has 6 rings (SSSR count). The van der Waals surface area contributed by atoms with Gasteiger partial charge >= 0.3 is 0 Å².